The van der Waals surface area contributed by atoms with E-state index in [2.05, 4.69) is 5.32 Å². The maximum absolute atomic E-state index is 12.3. The van der Waals surface area contributed by atoms with Crippen molar-refractivity contribution in [2.24, 2.45) is 11.8 Å². The third-order valence-electron chi connectivity index (χ3n) is 4.61. The van der Waals surface area contributed by atoms with Crippen molar-refractivity contribution in [3.05, 3.63) is 40.4 Å². The van der Waals surface area contributed by atoms with Crippen molar-refractivity contribution in [2.45, 2.75) is 25.7 Å². The van der Waals surface area contributed by atoms with E-state index >= 15 is 0 Å². The first kappa shape index (κ1) is 18.0. The fourth-order valence-corrected chi connectivity index (χ4v) is 3.65. The first-order chi connectivity index (χ1) is 12.0. The van der Waals surface area contributed by atoms with Crippen LogP contribution in [0.5, 0.6) is 0 Å². The van der Waals surface area contributed by atoms with Gasteiger partial charge >= 0.3 is 0 Å². The average molecular weight is 381 g/mol. The normalized spacial score (nSPS) is 22.2. The van der Waals surface area contributed by atoms with Gasteiger partial charge in [-0.1, -0.05) is 41.4 Å². The van der Waals surface area contributed by atoms with Crippen LogP contribution >= 0.6 is 23.2 Å². The van der Waals surface area contributed by atoms with Gasteiger partial charge in [-0.15, -0.1) is 0 Å². The zero-order valence-electron chi connectivity index (χ0n) is 13.5. The lowest BCUT2D eigenvalue weighted by atomic mass is 9.85. The Hall–Kier alpha value is -1.85. The largest absolute Gasteiger partial charge is 0.325 e. The van der Waals surface area contributed by atoms with E-state index in [9.17, 15) is 14.4 Å². The van der Waals surface area contributed by atoms with E-state index in [1.807, 2.05) is 12.2 Å². The Bertz CT molecular complexity index is 722. The Balaban J connectivity index is 1.51. The van der Waals surface area contributed by atoms with Crippen molar-refractivity contribution in [3.8, 4) is 0 Å². The number of anilines is 1. The molecule has 1 aromatic rings. The van der Waals surface area contributed by atoms with E-state index in [0.29, 0.717) is 35.0 Å². The molecule has 0 saturated carbocycles. The van der Waals surface area contributed by atoms with Crippen molar-refractivity contribution in [3.63, 3.8) is 0 Å². The Kier molecular flexibility index (Phi) is 5.45. The third-order valence-corrected chi connectivity index (χ3v) is 5.43. The Labute approximate surface area is 156 Å². The molecule has 2 aliphatic rings. The van der Waals surface area contributed by atoms with E-state index in [-0.39, 0.29) is 42.5 Å². The first-order valence-electron chi connectivity index (χ1n) is 8.23. The Morgan fingerprint density at radius 1 is 1.12 bits per heavy atom. The number of hydrogen-bond acceptors (Lipinski definition) is 3. The molecular formula is C18H18Cl2N2O3. The maximum Gasteiger partial charge on any atom is 0.233 e. The number of fused-ring (bicyclic) bond motifs is 1. The van der Waals surface area contributed by atoms with Crippen molar-refractivity contribution < 1.29 is 14.4 Å². The molecule has 1 aromatic carbocycles. The van der Waals surface area contributed by atoms with Gasteiger partial charge in [0.25, 0.3) is 0 Å². The summed E-state index contributed by atoms with van der Waals surface area (Å²) in [7, 11) is 0. The smallest absolute Gasteiger partial charge is 0.233 e. The maximum atomic E-state index is 12.3. The monoisotopic (exact) mass is 380 g/mol. The zero-order valence-corrected chi connectivity index (χ0v) is 15.0. The molecule has 3 rings (SSSR count). The van der Waals surface area contributed by atoms with Gasteiger partial charge in [0.1, 0.15) is 0 Å². The molecular weight excluding hydrogens is 363 g/mol. The molecule has 1 heterocycles. The van der Waals surface area contributed by atoms with Crippen LogP contribution in [0.4, 0.5) is 5.69 Å². The lowest BCUT2D eigenvalue weighted by Crippen LogP contribution is -2.32. The number of imide groups is 1. The van der Waals surface area contributed by atoms with Gasteiger partial charge < -0.3 is 5.32 Å². The molecule has 5 nitrogen and oxygen atoms in total. The highest BCUT2D eigenvalue weighted by atomic mass is 35.5. The number of halogens is 2. The van der Waals surface area contributed by atoms with E-state index in [1.54, 1.807) is 18.2 Å². The second kappa shape index (κ2) is 7.58. The average Bonchev–Trinajstić information content (AvgIpc) is 2.84. The number of benzene rings is 1. The van der Waals surface area contributed by atoms with E-state index in [4.69, 9.17) is 23.2 Å². The molecule has 7 heteroatoms. The van der Waals surface area contributed by atoms with E-state index < -0.39 is 0 Å². The Morgan fingerprint density at radius 2 is 1.76 bits per heavy atom. The van der Waals surface area contributed by atoms with Crippen molar-refractivity contribution in [2.75, 3.05) is 11.9 Å². The molecule has 132 valence electrons. The summed E-state index contributed by atoms with van der Waals surface area (Å²) in [6.45, 7) is 0.265. The number of likely N-dealkylation sites (tertiary alicyclic amines) is 1. The molecule has 1 fully saturated rings. The molecule has 1 saturated heterocycles. The first-order valence-corrected chi connectivity index (χ1v) is 8.98. The van der Waals surface area contributed by atoms with Crippen LogP contribution in [0.15, 0.2) is 30.4 Å². The number of rotatable bonds is 5. The summed E-state index contributed by atoms with van der Waals surface area (Å²) < 4.78 is 0. The molecule has 0 radical (unpaired) electrons. The Morgan fingerprint density at radius 3 is 2.40 bits per heavy atom. The van der Waals surface area contributed by atoms with Gasteiger partial charge in [-0.2, -0.15) is 0 Å². The van der Waals surface area contributed by atoms with Gasteiger partial charge in [-0.3, -0.25) is 19.3 Å². The van der Waals surface area contributed by atoms with Crippen molar-refractivity contribution >= 4 is 46.6 Å². The van der Waals surface area contributed by atoms with Gasteiger partial charge in [0.05, 0.1) is 27.6 Å². The third kappa shape index (κ3) is 3.72. The molecule has 2 atom stereocenters. The molecule has 1 aliphatic heterocycles. The summed E-state index contributed by atoms with van der Waals surface area (Å²) in [5, 5.41) is 3.35. The zero-order chi connectivity index (χ0) is 18.0. The van der Waals surface area contributed by atoms with Gasteiger partial charge in [-0.05, 0) is 31.4 Å². The van der Waals surface area contributed by atoms with Gasteiger partial charge in [-0.25, -0.2) is 0 Å². The van der Waals surface area contributed by atoms with Crippen molar-refractivity contribution in [1.82, 2.24) is 4.90 Å². The molecule has 0 aromatic heterocycles. The predicted molar refractivity (Wildman–Crippen MR) is 96.4 cm³/mol. The highest BCUT2D eigenvalue weighted by Crippen LogP contribution is 2.35. The fourth-order valence-electron chi connectivity index (χ4n) is 3.30. The molecule has 3 amide bonds. The number of nitrogens with one attached hydrogen (secondary N) is 1. The second-order valence-corrected chi connectivity index (χ2v) is 7.02. The minimum atomic E-state index is -0.234. The highest BCUT2D eigenvalue weighted by molar-refractivity contribution is 6.43. The fraction of sp³-hybridized carbons (Fsp3) is 0.389. The molecule has 1 N–H and O–H groups in total. The number of allylic oxidation sites excluding steroid dienone is 2. The van der Waals surface area contributed by atoms with Crippen LogP contribution in [0.3, 0.4) is 0 Å². The lowest BCUT2D eigenvalue weighted by Gasteiger charge is -2.14. The van der Waals surface area contributed by atoms with Gasteiger partial charge in [0.2, 0.25) is 17.7 Å². The highest BCUT2D eigenvalue weighted by Gasteiger charge is 2.46. The topological polar surface area (TPSA) is 66.5 Å². The lowest BCUT2D eigenvalue weighted by molar-refractivity contribution is -0.140. The summed E-state index contributed by atoms with van der Waals surface area (Å²) in [5.41, 5.74) is 0.449. The summed E-state index contributed by atoms with van der Waals surface area (Å²) in [4.78, 5) is 38.0. The van der Waals surface area contributed by atoms with Crippen LogP contribution in [-0.2, 0) is 14.4 Å². The second-order valence-electron chi connectivity index (χ2n) is 6.24. The minimum Gasteiger partial charge on any atom is -0.325 e. The van der Waals surface area contributed by atoms with E-state index in [1.165, 1.54) is 4.90 Å². The standard InChI is InChI=1S/C18H18Cl2N2O3/c19-13-7-3-8-14(16(13)20)21-15(23)9-4-10-22-17(24)11-5-1-2-6-12(11)18(22)25/h1-3,7-8,11-12H,4-6,9-10H2,(H,21,23)/t11-,12-/m1/s1. The van der Waals surface area contributed by atoms with Crippen LogP contribution in [0.25, 0.3) is 0 Å². The van der Waals surface area contributed by atoms with Crippen LogP contribution < -0.4 is 5.32 Å². The van der Waals surface area contributed by atoms with Crippen LogP contribution in [0, 0.1) is 11.8 Å². The van der Waals surface area contributed by atoms with Crippen LogP contribution in [-0.4, -0.2) is 29.2 Å². The van der Waals surface area contributed by atoms with E-state index in [0.717, 1.165) is 0 Å². The van der Waals surface area contributed by atoms with Crippen LogP contribution in [0.2, 0.25) is 10.0 Å². The molecule has 0 unspecified atom stereocenters. The molecule has 0 bridgehead atoms. The summed E-state index contributed by atoms with van der Waals surface area (Å²) >= 11 is 11.9. The summed E-state index contributed by atoms with van der Waals surface area (Å²) in [6.07, 6.45) is 5.76. The SMILES string of the molecule is O=C(CCCN1C(=O)[C@@H]2CC=CC[C@H]2C1=O)Nc1cccc(Cl)c1Cl. The predicted octanol–water partition coefficient (Wildman–Crippen LogP) is 3.66. The molecule has 0 spiro atoms. The number of carbonyl (C=O) groups is 3. The van der Waals surface area contributed by atoms with Gasteiger partial charge in [0, 0.05) is 13.0 Å². The molecule has 1 aliphatic carbocycles. The van der Waals surface area contributed by atoms with Crippen LogP contribution in [0.1, 0.15) is 25.7 Å². The molecule has 25 heavy (non-hydrogen) atoms. The summed E-state index contributed by atoms with van der Waals surface area (Å²) in [6, 6.07) is 5.00. The quantitative estimate of drug-likeness (QED) is 0.625. The minimum absolute atomic E-state index is 0.113. The number of nitrogens with zero attached hydrogens (tertiary/aromatic N) is 1. The number of carbonyl (C=O) groups excluding carboxylic acids is 3. The van der Waals surface area contributed by atoms with Gasteiger partial charge in [0.15, 0.2) is 0 Å². The summed E-state index contributed by atoms with van der Waals surface area (Å²) in [5.74, 6) is -0.911. The number of amides is 3. The number of hydrogen-bond donors (Lipinski definition) is 1. The van der Waals surface area contributed by atoms with Crippen molar-refractivity contribution in [1.29, 1.82) is 0 Å².